The van der Waals surface area contributed by atoms with Gasteiger partial charge in [-0.15, -0.1) is 0 Å². The summed E-state index contributed by atoms with van der Waals surface area (Å²) in [5.41, 5.74) is 6.07. The van der Waals surface area contributed by atoms with Gasteiger partial charge in [0.25, 0.3) is 0 Å². The molecule has 40 heavy (non-hydrogen) atoms. The van der Waals surface area contributed by atoms with E-state index in [2.05, 4.69) is 38.3 Å². The third-order valence-electron chi connectivity index (χ3n) is 5.78. The first kappa shape index (κ1) is 38.8. The van der Waals surface area contributed by atoms with Crippen molar-refractivity contribution in [1.82, 2.24) is 0 Å². The van der Waals surface area contributed by atoms with E-state index in [0.717, 1.165) is 55.1 Å². The topological polar surface area (TPSA) is 113 Å². The number of aryl methyl sites for hydroxylation is 2. The molecular formula is C32H47FO7. The lowest BCUT2D eigenvalue weighted by atomic mass is 9.96. The summed E-state index contributed by atoms with van der Waals surface area (Å²) in [6.45, 7) is 14.3. The number of carbonyl (C=O) groups excluding carboxylic acids is 2. The number of unbranched alkanes of at least 4 members (excludes halogenated alkanes) is 3. The molecule has 8 heteroatoms. The zero-order valence-corrected chi connectivity index (χ0v) is 24.1. The van der Waals surface area contributed by atoms with Crippen molar-refractivity contribution >= 4 is 13.6 Å². The van der Waals surface area contributed by atoms with Crippen LogP contribution < -0.4 is 9.47 Å². The molecule has 224 valence electrons. The molecule has 2 rings (SSSR count). The van der Waals surface area contributed by atoms with Gasteiger partial charge < -0.3 is 34.4 Å². The SMILES string of the molecule is C=C(CO)CCOc1cc(OCCC(=C)CO)cc(-c2ccc(CCCCCCF)c(C)c2)c1.C=O.C=O.CO. The Balaban J connectivity index is 0. The fourth-order valence-electron chi connectivity index (χ4n) is 3.61. The number of aliphatic hydroxyl groups is 3. The van der Waals surface area contributed by atoms with Crippen LogP contribution in [0.15, 0.2) is 60.7 Å². The highest BCUT2D eigenvalue weighted by Crippen LogP contribution is 2.32. The Morgan fingerprint density at radius 3 is 1.70 bits per heavy atom. The average Bonchev–Trinajstić information content (AvgIpc) is 3.00. The number of hydrogen-bond acceptors (Lipinski definition) is 7. The third-order valence-corrected chi connectivity index (χ3v) is 5.78. The van der Waals surface area contributed by atoms with E-state index in [0.29, 0.717) is 44.0 Å². The van der Waals surface area contributed by atoms with E-state index in [1.54, 1.807) is 0 Å². The van der Waals surface area contributed by atoms with Crippen LogP contribution in [0.5, 0.6) is 11.5 Å². The molecule has 0 unspecified atom stereocenters. The number of alkyl halides is 1. The Morgan fingerprint density at radius 1 is 0.750 bits per heavy atom. The molecule has 2 aromatic carbocycles. The van der Waals surface area contributed by atoms with Crippen molar-refractivity contribution in [3.05, 3.63) is 71.8 Å². The van der Waals surface area contributed by atoms with Crippen molar-refractivity contribution in [2.24, 2.45) is 0 Å². The summed E-state index contributed by atoms with van der Waals surface area (Å²) in [6.07, 6.45) is 5.87. The first-order valence-electron chi connectivity index (χ1n) is 13.1. The molecule has 0 spiro atoms. The molecule has 0 radical (unpaired) electrons. The van der Waals surface area contributed by atoms with Gasteiger partial charge >= 0.3 is 0 Å². The Labute approximate surface area is 239 Å². The summed E-state index contributed by atoms with van der Waals surface area (Å²) in [7, 11) is 1.00. The van der Waals surface area contributed by atoms with Crippen molar-refractivity contribution in [1.29, 1.82) is 0 Å². The van der Waals surface area contributed by atoms with Crippen LogP contribution >= 0.6 is 0 Å². The molecule has 0 aliphatic heterocycles. The van der Waals surface area contributed by atoms with Crippen LogP contribution in [0.3, 0.4) is 0 Å². The molecule has 0 fully saturated rings. The monoisotopic (exact) mass is 562 g/mol. The third kappa shape index (κ3) is 16.6. The molecule has 3 N–H and O–H groups in total. The number of carbonyl (C=O) groups is 2. The molecule has 0 aliphatic carbocycles. The highest BCUT2D eigenvalue weighted by molar-refractivity contribution is 5.68. The smallest absolute Gasteiger partial charge is 0.123 e. The van der Waals surface area contributed by atoms with Crippen molar-refractivity contribution in [3.8, 4) is 22.6 Å². The Kier molecular flexibility index (Phi) is 25.2. The van der Waals surface area contributed by atoms with Crippen LogP contribution in [0.1, 0.15) is 49.7 Å². The van der Waals surface area contributed by atoms with Gasteiger partial charge in [0.15, 0.2) is 0 Å². The zero-order chi connectivity index (χ0) is 30.8. The van der Waals surface area contributed by atoms with E-state index in [4.69, 9.17) is 34.4 Å². The van der Waals surface area contributed by atoms with Gasteiger partial charge in [-0.25, -0.2) is 0 Å². The van der Waals surface area contributed by atoms with Gasteiger partial charge in [-0.3, -0.25) is 4.39 Å². The number of benzene rings is 2. The van der Waals surface area contributed by atoms with Gasteiger partial charge in [0.1, 0.15) is 25.1 Å². The molecule has 0 bridgehead atoms. The molecule has 7 nitrogen and oxygen atoms in total. The summed E-state index contributed by atoms with van der Waals surface area (Å²) in [4.78, 5) is 16.0. The minimum atomic E-state index is -0.228. The first-order chi connectivity index (χ1) is 19.5. The lowest BCUT2D eigenvalue weighted by Crippen LogP contribution is -2.03. The van der Waals surface area contributed by atoms with Gasteiger partial charge in [0.05, 0.1) is 33.1 Å². The second-order valence-corrected chi connectivity index (χ2v) is 8.70. The van der Waals surface area contributed by atoms with E-state index < -0.39 is 0 Å². The molecular weight excluding hydrogens is 515 g/mol. The van der Waals surface area contributed by atoms with Gasteiger partial charge in [-0.05, 0) is 71.7 Å². The van der Waals surface area contributed by atoms with Crippen molar-refractivity contribution in [2.75, 3.05) is 40.2 Å². The van der Waals surface area contributed by atoms with Gasteiger partial charge in [-0.1, -0.05) is 44.2 Å². The minimum absolute atomic E-state index is 0.0476. The second kappa shape index (κ2) is 25.9. The normalized spacial score (nSPS) is 9.55. The summed E-state index contributed by atoms with van der Waals surface area (Å²) in [5, 5.41) is 25.3. The number of rotatable bonds is 17. The summed E-state index contributed by atoms with van der Waals surface area (Å²) in [6, 6.07) is 12.3. The molecule has 0 saturated heterocycles. The summed E-state index contributed by atoms with van der Waals surface area (Å²) < 4.78 is 24.1. The molecule has 0 atom stereocenters. The number of ether oxygens (including phenoxy) is 2. The van der Waals surface area contributed by atoms with Gasteiger partial charge in [-0.2, -0.15) is 0 Å². The molecule has 0 aromatic heterocycles. The van der Waals surface area contributed by atoms with Crippen molar-refractivity contribution in [2.45, 2.75) is 51.9 Å². The Bertz CT molecular complexity index is 920. The first-order valence-corrected chi connectivity index (χ1v) is 13.1. The van der Waals surface area contributed by atoms with E-state index in [1.165, 1.54) is 11.1 Å². The Hall–Kier alpha value is -3.33. The molecule has 0 heterocycles. The van der Waals surface area contributed by atoms with Crippen LogP contribution in [0.25, 0.3) is 11.1 Å². The predicted octanol–water partition coefficient (Wildman–Crippen LogP) is 5.61. The number of hydrogen-bond donors (Lipinski definition) is 3. The lowest BCUT2D eigenvalue weighted by Gasteiger charge is -2.14. The van der Waals surface area contributed by atoms with Crippen LogP contribution in [-0.2, 0) is 16.0 Å². The minimum Gasteiger partial charge on any atom is -0.493 e. The van der Waals surface area contributed by atoms with Crippen LogP contribution in [0.2, 0.25) is 0 Å². The second-order valence-electron chi connectivity index (χ2n) is 8.70. The van der Waals surface area contributed by atoms with Crippen LogP contribution in [-0.4, -0.2) is 69.1 Å². The lowest BCUT2D eigenvalue weighted by molar-refractivity contribution is -0.0987. The average molecular weight is 563 g/mol. The van der Waals surface area contributed by atoms with E-state index in [-0.39, 0.29) is 19.9 Å². The van der Waals surface area contributed by atoms with Crippen LogP contribution in [0, 0.1) is 6.92 Å². The van der Waals surface area contributed by atoms with Crippen molar-refractivity contribution < 1.29 is 38.8 Å². The van der Waals surface area contributed by atoms with Crippen molar-refractivity contribution in [3.63, 3.8) is 0 Å². The number of halogens is 1. The highest BCUT2D eigenvalue weighted by Gasteiger charge is 2.09. The maximum atomic E-state index is 12.3. The Morgan fingerprint density at radius 2 is 1.25 bits per heavy atom. The highest BCUT2D eigenvalue weighted by atomic mass is 19.1. The molecule has 0 aliphatic rings. The quantitative estimate of drug-likeness (QED) is 0.170. The fraction of sp³-hybridized carbons (Fsp3) is 0.438. The number of aliphatic hydroxyl groups excluding tert-OH is 3. The molecule has 0 amide bonds. The fourth-order valence-corrected chi connectivity index (χ4v) is 3.61. The van der Waals surface area contributed by atoms with Gasteiger partial charge in [0.2, 0.25) is 0 Å². The van der Waals surface area contributed by atoms with E-state index >= 15 is 0 Å². The standard InChI is InChI=1S/C29H39FO4.CH4O.2CH2O/c1-22(20-31)11-14-33-28-17-27(18-29(19-28)34-15-12-23(2)21-32)26-10-9-25(24(3)16-26)8-6-4-5-7-13-30;3*1-2/h9-10,16-19,31-32H,1-2,4-8,11-15,20-21H2,3H3;2H,1H3;2*1H2. The van der Waals surface area contributed by atoms with E-state index in [9.17, 15) is 4.39 Å². The zero-order valence-electron chi connectivity index (χ0n) is 24.1. The largest absolute Gasteiger partial charge is 0.493 e. The van der Waals surface area contributed by atoms with Gasteiger partial charge in [0, 0.05) is 26.0 Å². The summed E-state index contributed by atoms with van der Waals surface area (Å²) >= 11 is 0. The molecule has 2 aromatic rings. The predicted molar refractivity (Wildman–Crippen MR) is 160 cm³/mol. The molecule has 0 saturated carbocycles. The van der Waals surface area contributed by atoms with Crippen LogP contribution in [0.4, 0.5) is 4.39 Å². The summed E-state index contributed by atoms with van der Waals surface area (Å²) in [5.74, 6) is 1.38. The van der Waals surface area contributed by atoms with E-state index in [1.807, 2.05) is 31.8 Å². The maximum Gasteiger partial charge on any atom is 0.123 e. The maximum absolute atomic E-state index is 12.3.